The lowest BCUT2D eigenvalue weighted by molar-refractivity contribution is -0.116. The maximum Gasteiger partial charge on any atom is 0.223 e. The van der Waals surface area contributed by atoms with E-state index in [9.17, 15) is 9.90 Å². The molecule has 4 nitrogen and oxygen atoms in total. The predicted molar refractivity (Wildman–Crippen MR) is 80.9 cm³/mol. The quantitative estimate of drug-likeness (QED) is 0.809. The number of aryl methyl sites for hydroxylation is 1. The molecule has 0 fully saturated rings. The third-order valence-corrected chi connectivity index (χ3v) is 3.76. The maximum atomic E-state index is 11.7. The van der Waals surface area contributed by atoms with E-state index in [0.29, 0.717) is 6.54 Å². The van der Waals surface area contributed by atoms with Gasteiger partial charge in [-0.3, -0.25) is 4.79 Å². The third-order valence-electron chi connectivity index (χ3n) is 3.76. The Balaban J connectivity index is 2.16. The Kier molecular flexibility index (Phi) is 5.15. The first kappa shape index (κ1) is 15.0. The second-order valence-electron chi connectivity index (χ2n) is 5.38. The van der Waals surface area contributed by atoms with Gasteiger partial charge in [0.15, 0.2) is 0 Å². The van der Waals surface area contributed by atoms with Crippen LogP contribution >= 0.6 is 0 Å². The van der Waals surface area contributed by atoms with Crippen LogP contribution in [0.25, 0.3) is 0 Å². The molecule has 1 aromatic rings. The molecule has 1 unspecified atom stereocenters. The van der Waals surface area contributed by atoms with E-state index in [0.717, 1.165) is 43.6 Å². The Morgan fingerprint density at radius 2 is 2.30 bits per heavy atom. The van der Waals surface area contributed by atoms with Gasteiger partial charge in [0.2, 0.25) is 5.91 Å². The highest BCUT2D eigenvalue weighted by molar-refractivity contribution is 5.92. The van der Waals surface area contributed by atoms with Gasteiger partial charge in [0.25, 0.3) is 0 Å². The zero-order chi connectivity index (χ0) is 14.5. The summed E-state index contributed by atoms with van der Waals surface area (Å²) in [6.07, 6.45) is 2.54. The number of nitrogens with one attached hydrogen (secondary N) is 1. The average molecular weight is 276 g/mol. The van der Waals surface area contributed by atoms with Gasteiger partial charge in [-0.15, -0.1) is 0 Å². The smallest absolute Gasteiger partial charge is 0.223 e. The molecule has 0 radical (unpaired) electrons. The van der Waals surface area contributed by atoms with Crippen LogP contribution in [0.1, 0.15) is 43.9 Å². The van der Waals surface area contributed by atoms with Crippen molar-refractivity contribution < 1.29 is 9.90 Å². The lowest BCUT2D eigenvalue weighted by Gasteiger charge is -2.29. The van der Waals surface area contributed by atoms with Crippen molar-refractivity contribution in [1.82, 2.24) is 5.32 Å². The van der Waals surface area contributed by atoms with Crippen LogP contribution in [0, 0.1) is 0 Å². The molecule has 110 valence electrons. The van der Waals surface area contributed by atoms with Gasteiger partial charge in [0.1, 0.15) is 0 Å². The molecule has 1 aliphatic rings. The Morgan fingerprint density at radius 1 is 1.50 bits per heavy atom. The van der Waals surface area contributed by atoms with Crippen LogP contribution in [0.5, 0.6) is 0 Å². The van der Waals surface area contributed by atoms with Crippen molar-refractivity contribution in [3.63, 3.8) is 0 Å². The van der Waals surface area contributed by atoms with Gasteiger partial charge < -0.3 is 15.3 Å². The first-order valence-corrected chi connectivity index (χ1v) is 7.43. The molecule has 1 heterocycles. The summed E-state index contributed by atoms with van der Waals surface area (Å²) in [4.78, 5) is 13.5. The number of aliphatic hydroxyl groups is 1. The standard InChI is InChI=1S/C16H24N2O2/c1-3-8-17-11-16(20)14-7-6-13-5-4-9-18(12(2)19)15(13)10-14/h6-7,10,16-17,20H,3-5,8-9,11H2,1-2H3. The minimum absolute atomic E-state index is 0.0710. The molecule has 0 spiro atoms. The summed E-state index contributed by atoms with van der Waals surface area (Å²) in [6, 6.07) is 5.98. The molecule has 0 aliphatic carbocycles. The van der Waals surface area contributed by atoms with E-state index >= 15 is 0 Å². The molecule has 0 bridgehead atoms. The molecular weight excluding hydrogens is 252 g/mol. The van der Waals surface area contributed by atoms with Gasteiger partial charge in [-0.25, -0.2) is 0 Å². The molecular formula is C16H24N2O2. The molecule has 0 saturated carbocycles. The number of benzene rings is 1. The summed E-state index contributed by atoms with van der Waals surface area (Å²) in [5.74, 6) is 0.0710. The number of carbonyl (C=O) groups is 1. The number of aliphatic hydroxyl groups excluding tert-OH is 1. The third kappa shape index (κ3) is 3.38. The highest BCUT2D eigenvalue weighted by Crippen LogP contribution is 2.30. The molecule has 1 amide bonds. The topological polar surface area (TPSA) is 52.6 Å². The fourth-order valence-electron chi connectivity index (χ4n) is 2.66. The maximum absolute atomic E-state index is 11.7. The number of nitrogens with zero attached hydrogens (tertiary/aromatic N) is 1. The van der Waals surface area contributed by atoms with Gasteiger partial charge >= 0.3 is 0 Å². The van der Waals surface area contributed by atoms with E-state index in [4.69, 9.17) is 0 Å². The Hall–Kier alpha value is -1.39. The van der Waals surface area contributed by atoms with Crippen molar-refractivity contribution in [3.05, 3.63) is 29.3 Å². The van der Waals surface area contributed by atoms with E-state index in [2.05, 4.69) is 12.2 Å². The molecule has 1 aliphatic heterocycles. The minimum Gasteiger partial charge on any atom is -0.387 e. The van der Waals surface area contributed by atoms with Gasteiger partial charge in [-0.1, -0.05) is 19.1 Å². The lowest BCUT2D eigenvalue weighted by atomic mass is 9.97. The van der Waals surface area contributed by atoms with Crippen molar-refractivity contribution in [2.24, 2.45) is 0 Å². The molecule has 2 N–H and O–H groups in total. The van der Waals surface area contributed by atoms with E-state index in [1.807, 2.05) is 23.1 Å². The average Bonchev–Trinajstić information content (AvgIpc) is 2.46. The Morgan fingerprint density at radius 3 is 3.00 bits per heavy atom. The van der Waals surface area contributed by atoms with Crippen molar-refractivity contribution in [2.75, 3.05) is 24.5 Å². The zero-order valence-corrected chi connectivity index (χ0v) is 12.4. The number of hydrogen-bond donors (Lipinski definition) is 2. The second-order valence-corrected chi connectivity index (χ2v) is 5.38. The highest BCUT2D eigenvalue weighted by atomic mass is 16.3. The number of rotatable bonds is 5. The van der Waals surface area contributed by atoms with E-state index in [-0.39, 0.29) is 5.91 Å². The van der Waals surface area contributed by atoms with Crippen molar-refractivity contribution in [3.8, 4) is 0 Å². The molecule has 1 atom stereocenters. The van der Waals surface area contributed by atoms with E-state index < -0.39 is 6.10 Å². The first-order valence-electron chi connectivity index (χ1n) is 7.43. The lowest BCUT2D eigenvalue weighted by Crippen LogP contribution is -2.33. The van der Waals surface area contributed by atoms with Crippen LogP contribution in [0.15, 0.2) is 18.2 Å². The van der Waals surface area contributed by atoms with Gasteiger partial charge in [0.05, 0.1) is 6.10 Å². The molecule has 20 heavy (non-hydrogen) atoms. The predicted octanol–water partition coefficient (Wildman–Crippen LogP) is 2.02. The van der Waals surface area contributed by atoms with E-state index in [1.165, 1.54) is 5.56 Å². The Labute approximate surface area is 120 Å². The van der Waals surface area contributed by atoms with Crippen LogP contribution in [0.3, 0.4) is 0 Å². The summed E-state index contributed by atoms with van der Waals surface area (Å²) in [7, 11) is 0. The number of fused-ring (bicyclic) bond motifs is 1. The van der Waals surface area contributed by atoms with Crippen molar-refractivity contribution in [2.45, 2.75) is 39.2 Å². The van der Waals surface area contributed by atoms with Gasteiger partial charge in [0, 0.05) is 25.7 Å². The monoisotopic (exact) mass is 276 g/mol. The normalized spacial score (nSPS) is 15.8. The number of anilines is 1. The SMILES string of the molecule is CCCNCC(O)c1ccc2c(c1)N(C(C)=O)CCC2. The van der Waals surface area contributed by atoms with Gasteiger partial charge in [-0.05, 0) is 43.0 Å². The summed E-state index contributed by atoms with van der Waals surface area (Å²) < 4.78 is 0. The van der Waals surface area contributed by atoms with E-state index in [1.54, 1.807) is 6.92 Å². The number of hydrogen-bond acceptors (Lipinski definition) is 3. The second kappa shape index (κ2) is 6.86. The fourth-order valence-corrected chi connectivity index (χ4v) is 2.66. The van der Waals surface area contributed by atoms with Crippen LogP contribution in [0.4, 0.5) is 5.69 Å². The molecule has 0 aromatic heterocycles. The largest absolute Gasteiger partial charge is 0.387 e. The minimum atomic E-state index is -0.525. The van der Waals surface area contributed by atoms with Crippen LogP contribution in [-0.4, -0.2) is 30.6 Å². The summed E-state index contributed by atoms with van der Waals surface area (Å²) in [5, 5.41) is 13.4. The highest BCUT2D eigenvalue weighted by Gasteiger charge is 2.21. The molecule has 1 aromatic carbocycles. The summed E-state index contributed by atoms with van der Waals surface area (Å²) in [5.41, 5.74) is 3.04. The van der Waals surface area contributed by atoms with Crippen LogP contribution in [-0.2, 0) is 11.2 Å². The van der Waals surface area contributed by atoms with Crippen LogP contribution in [0.2, 0.25) is 0 Å². The number of carbonyl (C=O) groups excluding carboxylic acids is 1. The fraction of sp³-hybridized carbons (Fsp3) is 0.562. The van der Waals surface area contributed by atoms with Gasteiger partial charge in [-0.2, -0.15) is 0 Å². The Bertz CT molecular complexity index is 474. The van der Waals surface area contributed by atoms with Crippen LogP contribution < -0.4 is 10.2 Å². The van der Waals surface area contributed by atoms with Crippen molar-refractivity contribution in [1.29, 1.82) is 0 Å². The van der Waals surface area contributed by atoms with Crippen molar-refractivity contribution >= 4 is 11.6 Å². The number of amides is 1. The molecule has 4 heteroatoms. The summed E-state index contributed by atoms with van der Waals surface area (Å²) >= 11 is 0. The molecule has 0 saturated heterocycles. The first-order chi connectivity index (χ1) is 9.63. The summed E-state index contributed by atoms with van der Waals surface area (Å²) in [6.45, 7) is 5.92. The zero-order valence-electron chi connectivity index (χ0n) is 12.4. The molecule has 2 rings (SSSR count).